The van der Waals surface area contributed by atoms with E-state index in [1.807, 2.05) is 38.4 Å². The minimum atomic E-state index is -0.319. The van der Waals surface area contributed by atoms with Crippen molar-refractivity contribution in [3.8, 4) is 0 Å². The fraction of sp³-hybridized carbons (Fsp3) is 0.579. The quantitative estimate of drug-likeness (QED) is 0.623. The van der Waals surface area contributed by atoms with E-state index in [2.05, 4.69) is 22.5 Å². The van der Waals surface area contributed by atoms with Crippen LogP contribution in [0.1, 0.15) is 44.2 Å². The third-order valence-electron chi connectivity index (χ3n) is 4.94. The molecule has 0 aliphatic heterocycles. The number of aliphatic imine (C=N–C) groups is 1. The third kappa shape index (κ3) is 4.88. The Morgan fingerprint density at radius 2 is 2.04 bits per heavy atom. The number of nitrogens with one attached hydrogen (secondary N) is 2. The minimum Gasteiger partial charge on any atom is -0.355 e. The number of rotatable bonds is 5. The van der Waals surface area contributed by atoms with Gasteiger partial charge in [0.1, 0.15) is 0 Å². The largest absolute Gasteiger partial charge is 0.355 e. The van der Waals surface area contributed by atoms with Crippen molar-refractivity contribution < 1.29 is 4.79 Å². The van der Waals surface area contributed by atoms with Crippen LogP contribution < -0.4 is 10.6 Å². The minimum absolute atomic E-state index is 0.0639. The molecule has 1 aromatic carbocycles. The highest BCUT2D eigenvalue weighted by atomic mass is 35.5. The zero-order valence-electron chi connectivity index (χ0n) is 15.6. The second kappa shape index (κ2) is 8.56. The number of carbonyl (C=O) groups excluding carboxylic acids is 1. The smallest absolute Gasteiger partial charge is 0.230 e. The maximum Gasteiger partial charge on any atom is 0.230 e. The van der Waals surface area contributed by atoms with Crippen molar-refractivity contribution in [2.75, 3.05) is 27.7 Å². The van der Waals surface area contributed by atoms with Gasteiger partial charge in [0.2, 0.25) is 5.91 Å². The summed E-state index contributed by atoms with van der Waals surface area (Å²) in [6, 6.07) is 7.84. The summed E-state index contributed by atoms with van der Waals surface area (Å²) in [5, 5.41) is 7.45. The summed E-state index contributed by atoms with van der Waals surface area (Å²) in [7, 11) is 5.41. The van der Waals surface area contributed by atoms with Gasteiger partial charge in [0, 0.05) is 32.7 Å². The molecule has 1 aliphatic carbocycles. The maximum atomic E-state index is 12.7. The normalized spacial score (nSPS) is 17.9. The van der Waals surface area contributed by atoms with E-state index in [1.54, 1.807) is 11.9 Å². The van der Waals surface area contributed by atoms with Gasteiger partial charge in [-0.3, -0.25) is 9.79 Å². The predicted molar refractivity (Wildman–Crippen MR) is 104 cm³/mol. The third-order valence-corrected chi connectivity index (χ3v) is 5.18. The fourth-order valence-electron chi connectivity index (χ4n) is 3.50. The highest BCUT2D eigenvalue weighted by molar-refractivity contribution is 6.30. The van der Waals surface area contributed by atoms with Gasteiger partial charge in [-0.15, -0.1) is 0 Å². The molecule has 1 amide bonds. The van der Waals surface area contributed by atoms with Crippen LogP contribution >= 0.6 is 11.6 Å². The maximum absolute atomic E-state index is 12.7. The van der Waals surface area contributed by atoms with Crippen molar-refractivity contribution in [3.63, 3.8) is 0 Å². The molecule has 138 valence electrons. The predicted octanol–water partition coefficient (Wildman–Crippen LogP) is 3.21. The number of guanidine groups is 1. The van der Waals surface area contributed by atoms with Crippen LogP contribution in [0.2, 0.25) is 5.02 Å². The molecule has 0 bridgehead atoms. The van der Waals surface area contributed by atoms with E-state index in [0.29, 0.717) is 12.5 Å². The van der Waals surface area contributed by atoms with E-state index in [1.165, 1.54) is 0 Å². The first-order valence-corrected chi connectivity index (χ1v) is 9.20. The first-order valence-electron chi connectivity index (χ1n) is 8.82. The van der Waals surface area contributed by atoms with Crippen molar-refractivity contribution >= 4 is 23.5 Å². The Hall–Kier alpha value is -1.75. The number of halogens is 1. The summed E-state index contributed by atoms with van der Waals surface area (Å²) in [6.45, 7) is 2.67. The second-order valence-corrected chi connectivity index (χ2v) is 7.47. The number of benzene rings is 1. The summed E-state index contributed by atoms with van der Waals surface area (Å²) in [6.07, 6.45) is 4.06. The molecule has 1 atom stereocenters. The number of hydrogen-bond donors (Lipinski definition) is 2. The van der Waals surface area contributed by atoms with Crippen LogP contribution in [0.15, 0.2) is 29.3 Å². The summed E-state index contributed by atoms with van der Waals surface area (Å²) in [4.78, 5) is 18.7. The molecule has 2 rings (SSSR count). The van der Waals surface area contributed by atoms with E-state index in [-0.39, 0.29) is 17.4 Å². The molecule has 6 heteroatoms. The Morgan fingerprint density at radius 1 is 1.36 bits per heavy atom. The summed E-state index contributed by atoms with van der Waals surface area (Å²) in [5.74, 6) is 0.904. The van der Waals surface area contributed by atoms with Gasteiger partial charge in [-0.1, -0.05) is 36.6 Å². The molecule has 2 N–H and O–H groups in total. The van der Waals surface area contributed by atoms with Crippen LogP contribution in [0.4, 0.5) is 0 Å². The molecule has 1 unspecified atom stereocenters. The van der Waals surface area contributed by atoms with Gasteiger partial charge in [0.15, 0.2) is 5.96 Å². The molecule has 25 heavy (non-hydrogen) atoms. The first kappa shape index (κ1) is 19.6. The fourth-order valence-corrected chi connectivity index (χ4v) is 3.70. The zero-order valence-corrected chi connectivity index (χ0v) is 16.4. The van der Waals surface area contributed by atoms with Crippen molar-refractivity contribution in [1.82, 2.24) is 15.5 Å². The van der Waals surface area contributed by atoms with Crippen LogP contribution in [0.5, 0.6) is 0 Å². The van der Waals surface area contributed by atoms with E-state index < -0.39 is 0 Å². The van der Waals surface area contributed by atoms with Crippen LogP contribution in [0, 0.1) is 5.41 Å². The Labute approximate surface area is 155 Å². The van der Waals surface area contributed by atoms with Gasteiger partial charge in [0.05, 0.1) is 11.5 Å². The molecule has 5 nitrogen and oxygen atoms in total. The van der Waals surface area contributed by atoms with Gasteiger partial charge in [-0.05, 0) is 37.5 Å². The van der Waals surface area contributed by atoms with Crippen LogP contribution in [-0.4, -0.2) is 44.5 Å². The molecule has 1 fully saturated rings. The van der Waals surface area contributed by atoms with Gasteiger partial charge >= 0.3 is 0 Å². The van der Waals surface area contributed by atoms with Gasteiger partial charge in [-0.2, -0.15) is 0 Å². The lowest BCUT2D eigenvalue weighted by atomic mass is 9.84. The SMILES string of the molecule is CN=C(NCC1(C(=O)N(C)C)CCCC1)NC(C)c1cccc(Cl)c1. The standard InChI is InChI=1S/C19H29ClN4O/c1-14(15-8-7-9-16(20)12-15)23-18(21-2)22-13-19(10-5-6-11-19)17(25)24(3)4/h7-9,12,14H,5-6,10-11,13H2,1-4H3,(H2,21,22,23). The van der Waals surface area contributed by atoms with Crippen molar-refractivity contribution in [2.24, 2.45) is 10.4 Å². The van der Waals surface area contributed by atoms with Crippen molar-refractivity contribution in [1.29, 1.82) is 0 Å². The van der Waals surface area contributed by atoms with E-state index in [4.69, 9.17) is 11.6 Å². The van der Waals surface area contributed by atoms with Gasteiger partial charge in [-0.25, -0.2) is 0 Å². The molecule has 0 saturated heterocycles. The average Bonchev–Trinajstić information content (AvgIpc) is 3.07. The Balaban J connectivity index is 2.00. The number of nitrogens with zero attached hydrogens (tertiary/aromatic N) is 2. The topological polar surface area (TPSA) is 56.7 Å². The highest BCUT2D eigenvalue weighted by Crippen LogP contribution is 2.38. The van der Waals surface area contributed by atoms with Gasteiger partial charge < -0.3 is 15.5 Å². The number of carbonyl (C=O) groups is 1. The zero-order chi connectivity index (χ0) is 18.4. The van der Waals surface area contributed by atoms with Crippen LogP contribution in [0.25, 0.3) is 0 Å². The van der Waals surface area contributed by atoms with Crippen LogP contribution in [-0.2, 0) is 4.79 Å². The van der Waals surface area contributed by atoms with E-state index in [0.717, 1.165) is 36.3 Å². The number of hydrogen-bond acceptors (Lipinski definition) is 2. The summed E-state index contributed by atoms with van der Waals surface area (Å²) < 4.78 is 0. The molecule has 0 radical (unpaired) electrons. The Bertz CT molecular complexity index is 624. The van der Waals surface area contributed by atoms with E-state index in [9.17, 15) is 4.79 Å². The summed E-state index contributed by atoms with van der Waals surface area (Å²) >= 11 is 6.07. The summed E-state index contributed by atoms with van der Waals surface area (Å²) in [5.41, 5.74) is 0.774. The molecule has 1 aliphatic rings. The Morgan fingerprint density at radius 3 is 2.60 bits per heavy atom. The second-order valence-electron chi connectivity index (χ2n) is 7.03. The number of amides is 1. The lowest BCUT2D eigenvalue weighted by Gasteiger charge is -2.31. The van der Waals surface area contributed by atoms with Gasteiger partial charge in [0.25, 0.3) is 0 Å². The monoisotopic (exact) mass is 364 g/mol. The molecular formula is C19H29ClN4O. The molecular weight excluding hydrogens is 336 g/mol. The van der Waals surface area contributed by atoms with E-state index >= 15 is 0 Å². The lowest BCUT2D eigenvalue weighted by Crippen LogP contribution is -2.49. The average molecular weight is 365 g/mol. The molecule has 0 heterocycles. The highest BCUT2D eigenvalue weighted by Gasteiger charge is 2.42. The molecule has 1 saturated carbocycles. The van der Waals surface area contributed by atoms with Crippen LogP contribution in [0.3, 0.4) is 0 Å². The Kier molecular flexibility index (Phi) is 6.71. The molecule has 1 aromatic rings. The first-order chi connectivity index (χ1) is 11.9. The molecule has 0 spiro atoms. The van der Waals surface area contributed by atoms with Crippen molar-refractivity contribution in [3.05, 3.63) is 34.9 Å². The van der Waals surface area contributed by atoms with Crippen molar-refractivity contribution in [2.45, 2.75) is 38.6 Å². The molecule has 0 aromatic heterocycles. The lowest BCUT2D eigenvalue weighted by molar-refractivity contribution is -0.138.